The average molecular weight is 290 g/mol. The van der Waals surface area contributed by atoms with Gasteiger partial charge in [-0.25, -0.2) is 0 Å². The maximum Gasteiger partial charge on any atom is 0.303 e. The molecule has 6 heteroatoms. The summed E-state index contributed by atoms with van der Waals surface area (Å²) >= 11 is 0. The van der Waals surface area contributed by atoms with Gasteiger partial charge in [-0.1, -0.05) is 0 Å². The fourth-order valence-electron chi connectivity index (χ4n) is 2.29. The quantitative estimate of drug-likeness (QED) is 0.625. The molecule has 1 rings (SSSR count). The number of ether oxygens (including phenoxy) is 5. The summed E-state index contributed by atoms with van der Waals surface area (Å²) in [5.74, 6) is -0.359. The van der Waals surface area contributed by atoms with Crippen LogP contribution in [0.5, 0.6) is 0 Å². The second kappa shape index (κ2) is 9.28. The van der Waals surface area contributed by atoms with Gasteiger partial charge in [-0.3, -0.25) is 4.79 Å². The lowest BCUT2D eigenvalue weighted by molar-refractivity contribution is -0.233. The third kappa shape index (κ3) is 5.01. The van der Waals surface area contributed by atoms with E-state index in [1.54, 1.807) is 0 Å². The molecule has 0 spiro atoms. The van der Waals surface area contributed by atoms with E-state index in [-0.39, 0.29) is 24.3 Å². The zero-order chi connectivity index (χ0) is 15.0. The molecule has 0 saturated carbocycles. The van der Waals surface area contributed by atoms with Crippen LogP contribution in [0.2, 0.25) is 0 Å². The van der Waals surface area contributed by atoms with E-state index in [0.29, 0.717) is 33.0 Å². The van der Waals surface area contributed by atoms with Crippen molar-refractivity contribution in [2.24, 2.45) is 0 Å². The van der Waals surface area contributed by atoms with Crippen molar-refractivity contribution in [1.29, 1.82) is 0 Å². The first kappa shape index (κ1) is 17.4. The Kier molecular flexibility index (Phi) is 8.06. The van der Waals surface area contributed by atoms with Gasteiger partial charge in [-0.05, 0) is 20.8 Å². The van der Waals surface area contributed by atoms with Crippen molar-refractivity contribution in [1.82, 2.24) is 0 Å². The van der Waals surface area contributed by atoms with E-state index in [9.17, 15) is 4.79 Å². The largest absolute Gasteiger partial charge is 0.457 e. The van der Waals surface area contributed by atoms with Gasteiger partial charge < -0.3 is 23.7 Å². The van der Waals surface area contributed by atoms with Gasteiger partial charge in [-0.2, -0.15) is 0 Å². The van der Waals surface area contributed by atoms with Crippen molar-refractivity contribution in [3.05, 3.63) is 0 Å². The number of carbonyl (C=O) groups excluding carboxylic acids is 1. The first-order chi connectivity index (χ1) is 9.63. The predicted molar refractivity (Wildman–Crippen MR) is 72.6 cm³/mol. The predicted octanol–water partition coefficient (Wildman–Crippen LogP) is 1.16. The topological polar surface area (TPSA) is 63.2 Å². The van der Waals surface area contributed by atoms with Crippen LogP contribution in [-0.4, -0.2) is 63.4 Å². The first-order valence-electron chi connectivity index (χ1n) is 7.23. The summed E-state index contributed by atoms with van der Waals surface area (Å²) in [6.45, 7) is 9.55. The van der Waals surface area contributed by atoms with E-state index in [0.717, 1.165) is 0 Å². The van der Waals surface area contributed by atoms with Crippen LogP contribution in [0, 0.1) is 0 Å². The minimum absolute atomic E-state index is 0.234. The Hall–Kier alpha value is -0.690. The lowest BCUT2D eigenvalue weighted by atomic mass is 9.99. The molecule has 6 nitrogen and oxygen atoms in total. The molecule has 1 fully saturated rings. The highest BCUT2D eigenvalue weighted by Crippen LogP contribution is 2.24. The maximum absolute atomic E-state index is 11.3. The van der Waals surface area contributed by atoms with Gasteiger partial charge >= 0.3 is 5.97 Å². The molecule has 0 bridgehead atoms. The maximum atomic E-state index is 11.3. The highest BCUT2D eigenvalue weighted by atomic mass is 16.6. The molecule has 1 heterocycles. The lowest BCUT2D eigenvalue weighted by Crippen LogP contribution is -2.57. The standard InChI is InChI=1S/C14H26O6/c1-5-16-8-11-14(20-10(4)15)13(18-7-3)12(9-19-11)17-6-2/h11-14H,5-9H2,1-4H3. The highest BCUT2D eigenvalue weighted by Gasteiger charge is 2.44. The van der Waals surface area contributed by atoms with Gasteiger partial charge in [0.1, 0.15) is 18.3 Å². The van der Waals surface area contributed by atoms with E-state index < -0.39 is 6.10 Å². The van der Waals surface area contributed by atoms with Crippen LogP contribution in [0.3, 0.4) is 0 Å². The summed E-state index contributed by atoms with van der Waals surface area (Å²) in [6.07, 6.45) is -1.40. The summed E-state index contributed by atoms with van der Waals surface area (Å²) in [5, 5.41) is 0. The van der Waals surface area contributed by atoms with Gasteiger partial charge in [-0.15, -0.1) is 0 Å². The minimum Gasteiger partial charge on any atom is -0.457 e. The minimum atomic E-state index is -0.510. The van der Waals surface area contributed by atoms with Crippen LogP contribution in [0.4, 0.5) is 0 Å². The summed E-state index contributed by atoms with van der Waals surface area (Å²) < 4.78 is 27.9. The van der Waals surface area contributed by atoms with E-state index in [1.807, 2.05) is 20.8 Å². The van der Waals surface area contributed by atoms with Crippen LogP contribution in [0.15, 0.2) is 0 Å². The molecule has 0 radical (unpaired) electrons. The Morgan fingerprint density at radius 3 is 2.35 bits per heavy atom. The van der Waals surface area contributed by atoms with Crippen molar-refractivity contribution >= 4 is 5.97 Å². The van der Waals surface area contributed by atoms with Crippen LogP contribution in [0.1, 0.15) is 27.7 Å². The second-order valence-corrected chi connectivity index (χ2v) is 4.52. The number of rotatable bonds is 8. The van der Waals surface area contributed by atoms with E-state index >= 15 is 0 Å². The smallest absolute Gasteiger partial charge is 0.303 e. The number of hydrogen-bond acceptors (Lipinski definition) is 6. The molecule has 0 amide bonds. The molecule has 0 N–H and O–H groups in total. The molecule has 4 unspecified atom stereocenters. The molecular weight excluding hydrogens is 264 g/mol. The summed E-state index contributed by atoms with van der Waals surface area (Å²) in [5.41, 5.74) is 0. The molecule has 20 heavy (non-hydrogen) atoms. The molecule has 4 atom stereocenters. The van der Waals surface area contributed by atoms with Crippen LogP contribution < -0.4 is 0 Å². The zero-order valence-electron chi connectivity index (χ0n) is 12.8. The van der Waals surface area contributed by atoms with Crippen molar-refractivity contribution < 1.29 is 28.5 Å². The summed E-state index contributed by atoms with van der Waals surface area (Å²) in [6, 6.07) is 0. The summed E-state index contributed by atoms with van der Waals surface area (Å²) in [4.78, 5) is 11.3. The second-order valence-electron chi connectivity index (χ2n) is 4.52. The van der Waals surface area contributed by atoms with Gasteiger partial charge in [0.2, 0.25) is 0 Å². The lowest BCUT2D eigenvalue weighted by Gasteiger charge is -2.41. The zero-order valence-corrected chi connectivity index (χ0v) is 12.8. The number of carbonyl (C=O) groups is 1. The Balaban J connectivity index is 2.80. The summed E-state index contributed by atoms with van der Waals surface area (Å²) in [7, 11) is 0. The van der Waals surface area contributed by atoms with Crippen molar-refractivity contribution in [2.45, 2.75) is 52.1 Å². The van der Waals surface area contributed by atoms with E-state index in [1.165, 1.54) is 6.92 Å². The van der Waals surface area contributed by atoms with Crippen molar-refractivity contribution in [3.63, 3.8) is 0 Å². The van der Waals surface area contributed by atoms with Gasteiger partial charge in [0.15, 0.2) is 6.10 Å². The van der Waals surface area contributed by atoms with Crippen LogP contribution >= 0.6 is 0 Å². The van der Waals surface area contributed by atoms with Crippen LogP contribution in [0.25, 0.3) is 0 Å². The molecule has 1 aliphatic heterocycles. The first-order valence-corrected chi connectivity index (χ1v) is 7.23. The Morgan fingerprint density at radius 1 is 1.10 bits per heavy atom. The van der Waals surface area contributed by atoms with Crippen molar-refractivity contribution in [3.8, 4) is 0 Å². The van der Waals surface area contributed by atoms with Gasteiger partial charge in [0.25, 0.3) is 0 Å². The molecule has 0 aliphatic carbocycles. The van der Waals surface area contributed by atoms with Gasteiger partial charge in [0.05, 0.1) is 13.2 Å². The monoisotopic (exact) mass is 290 g/mol. The molecule has 118 valence electrons. The fraction of sp³-hybridized carbons (Fsp3) is 0.929. The molecule has 0 aromatic rings. The third-order valence-corrected chi connectivity index (χ3v) is 3.06. The molecule has 1 aliphatic rings. The SMILES string of the molecule is CCOCC1OCC(OCC)C(OCC)C1OC(C)=O. The van der Waals surface area contributed by atoms with E-state index in [2.05, 4.69) is 0 Å². The Bertz CT molecular complexity index is 283. The molecule has 0 aromatic carbocycles. The Labute approximate surface area is 120 Å². The highest BCUT2D eigenvalue weighted by molar-refractivity contribution is 5.66. The molecular formula is C14H26O6. The van der Waals surface area contributed by atoms with E-state index in [4.69, 9.17) is 23.7 Å². The molecule has 0 aromatic heterocycles. The fourth-order valence-corrected chi connectivity index (χ4v) is 2.29. The number of hydrogen-bond donors (Lipinski definition) is 0. The van der Waals surface area contributed by atoms with Crippen molar-refractivity contribution in [2.75, 3.05) is 33.0 Å². The molecule has 1 saturated heterocycles. The van der Waals surface area contributed by atoms with Gasteiger partial charge in [0, 0.05) is 26.7 Å². The van der Waals surface area contributed by atoms with Crippen LogP contribution in [-0.2, 0) is 28.5 Å². The number of esters is 1. The Morgan fingerprint density at radius 2 is 1.80 bits per heavy atom. The normalized spacial score (nSPS) is 30.2. The third-order valence-electron chi connectivity index (χ3n) is 3.06. The average Bonchev–Trinajstić information content (AvgIpc) is 2.41.